The van der Waals surface area contributed by atoms with E-state index in [0.717, 1.165) is 41.3 Å². The lowest BCUT2D eigenvalue weighted by molar-refractivity contribution is 0.305. The highest BCUT2D eigenvalue weighted by molar-refractivity contribution is 5.55. The zero-order valence-corrected chi connectivity index (χ0v) is 15.7. The molecule has 136 valence electrons. The molecule has 0 amide bonds. The summed E-state index contributed by atoms with van der Waals surface area (Å²) in [5.41, 5.74) is 3.55. The zero-order valence-electron chi connectivity index (χ0n) is 15.7. The zero-order chi connectivity index (χ0) is 18.7. The highest BCUT2D eigenvalue weighted by atomic mass is 16.5. The number of benzene rings is 1. The summed E-state index contributed by atoms with van der Waals surface area (Å²) in [7, 11) is 0. The van der Waals surface area contributed by atoms with Gasteiger partial charge in [0.15, 0.2) is 0 Å². The van der Waals surface area contributed by atoms with Crippen LogP contribution in [0.3, 0.4) is 0 Å². The summed E-state index contributed by atoms with van der Waals surface area (Å²) in [6, 6.07) is 17.6. The van der Waals surface area contributed by atoms with E-state index in [4.69, 9.17) is 4.74 Å². The van der Waals surface area contributed by atoms with Crippen molar-refractivity contribution in [2.24, 2.45) is 0 Å². The molecule has 0 aliphatic heterocycles. The molecule has 0 atom stereocenters. The van der Waals surface area contributed by atoms with Crippen molar-refractivity contribution in [3.63, 3.8) is 0 Å². The second kappa shape index (κ2) is 10.1. The molecule has 0 radical (unpaired) electrons. The summed E-state index contributed by atoms with van der Waals surface area (Å²) in [6.45, 7) is 2.99. The third kappa shape index (κ3) is 5.97. The summed E-state index contributed by atoms with van der Waals surface area (Å²) < 4.78 is 5.76. The monoisotopic (exact) mass is 356 g/mol. The molecule has 3 rings (SSSR count). The maximum atomic E-state index is 5.76. The van der Waals surface area contributed by atoms with Crippen LogP contribution in [-0.2, 0) is 0 Å². The van der Waals surface area contributed by atoms with E-state index in [1.165, 1.54) is 19.3 Å². The lowest BCUT2D eigenvalue weighted by Crippen LogP contribution is -1.96. The predicted molar refractivity (Wildman–Crippen MR) is 110 cm³/mol. The molecule has 0 spiro atoms. The number of rotatable bonds is 7. The van der Waals surface area contributed by atoms with Gasteiger partial charge in [0.1, 0.15) is 5.75 Å². The van der Waals surface area contributed by atoms with Crippen LogP contribution in [0.1, 0.15) is 43.7 Å². The fourth-order valence-corrected chi connectivity index (χ4v) is 2.63. The Morgan fingerprint density at radius 1 is 0.778 bits per heavy atom. The van der Waals surface area contributed by atoms with Gasteiger partial charge in [-0.25, -0.2) is 0 Å². The molecule has 27 heavy (non-hydrogen) atoms. The van der Waals surface area contributed by atoms with Crippen LogP contribution >= 0.6 is 0 Å². The molecule has 0 N–H and O–H groups in total. The Hall–Kier alpha value is -3.12. The molecule has 3 heteroatoms. The van der Waals surface area contributed by atoms with Crippen molar-refractivity contribution in [2.45, 2.75) is 32.6 Å². The van der Waals surface area contributed by atoms with Gasteiger partial charge in [0, 0.05) is 23.5 Å². The second-order valence-electron chi connectivity index (χ2n) is 6.33. The van der Waals surface area contributed by atoms with Gasteiger partial charge in [-0.2, -0.15) is 0 Å². The van der Waals surface area contributed by atoms with Crippen LogP contribution in [0, 0.1) is 11.8 Å². The average molecular weight is 356 g/mol. The van der Waals surface area contributed by atoms with Crippen molar-refractivity contribution in [1.29, 1.82) is 0 Å². The van der Waals surface area contributed by atoms with Gasteiger partial charge in [0.25, 0.3) is 0 Å². The largest absolute Gasteiger partial charge is 0.494 e. The fourth-order valence-electron chi connectivity index (χ4n) is 2.63. The van der Waals surface area contributed by atoms with Crippen LogP contribution in [0.4, 0.5) is 0 Å². The van der Waals surface area contributed by atoms with Gasteiger partial charge in [0.05, 0.1) is 18.0 Å². The number of nitrogens with zero attached hydrogens (tertiary/aromatic N) is 2. The van der Waals surface area contributed by atoms with Crippen molar-refractivity contribution < 1.29 is 4.74 Å². The first-order valence-corrected chi connectivity index (χ1v) is 9.47. The molecule has 0 aliphatic rings. The first-order valence-electron chi connectivity index (χ1n) is 9.47. The van der Waals surface area contributed by atoms with E-state index >= 15 is 0 Å². The Balaban J connectivity index is 1.56. The van der Waals surface area contributed by atoms with Crippen LogP contribution in [0.15, 0.2) is 67.0 Å². The highest BCUT2D eigenvalue weighted by Gasteiger charge is 1.99. The molecule has 1 aromatic carbocycles. The molecule has 0 unspecified atom stereocenters. The first kappa shape index (κ1) is 18.7. The standard InChI is InChI=1S/C24H24N2O/c1-2-3-4-7-18-27-22-14-11-20(12-15-22)9-10-21-13-16-24(26-19-21)23-8-5-6-17-25-23/h5-6,8,11-17,19H,2-4,7,18H2,1H3. The second-order valence-corrected chi connectivity index (χ2v) is 6.33. The first-order chi connectivity index (χ1) is 13.3. The third-order valence-electron chi connectivity index (χ3n) is 4.16. The van der Waals surface area contributed by atoms with E-state index in [2.05, 4.69) is 28.7 Å². The molecule has 3 nitrogen and oxygen atoms in total. The molecule has 3 aromatic rings. The van der Waals surface area contributed by atoms with Crippen LogP contribution in [0.2, 0.25) is 0 Å². The number of aromatic nitrogens is 2. The molecule has 2 aromatic heterocycles. The average Bonchev–Trinajstić information content (AvgIpc) is 2.74. The number of pyridine rings is 2. The Morgan fingerprint density at radius 3 is 2.26 bits per heavy atom. The van der Waals surface area contributed by atoms with Crippen molar-refractivity contribution in [2.75, 3.05) is 6.61 Å². The lowest BCUT2D eigenvalue weighted by atomic mass is 10.2. The molecule has 0 fully saturated rings. The summed E-state index contributed by atoms with van der Waals surface area (Å²) in [6.07, 6.45) is 8.41. The van der Waals surface area contributed by atoms with E-state index in [1.807, 2.05) is 54.6 Å². The van der Waals surface area contributed by atoms with Crippen LogP contribution in [0.5, 0.6) is 5.75 Å². The maximum absolute atomic E-state index is 5.76. The van der Waals surface area contributed by atoms with Crippen LogP contribution in [0.25, 0.3) is 11.4 Å². The number of ether oxygens (including phenoxy) is 1. The summed E-state index contributed by atoms with van der Waals surface area (Å²) in [5, 5.41) is 0. The predicted octanol–water partition coefficient (Wildman–Crippen LogP) is 5.50. The molecule has 0 aliphatic carbocycles. The Morgan fingerprint density at radius 2 is 1.56 bits per heavy atom. The molecule has 0 bridgehead atoms. The van der Waals surface area contributed by atoms with Gasteiger partial charge in [0.2, 0.25) is 0 Å². The van der Waals surface area contributed by atoms with Crippen molar-refractivity contribution in [3.05, 3.63) is 78.1 Å². The quantitative estimate of drug-likeness (QED) is 0.414. The minimum atomic E-state index is 0.777. The third-order valence-corrected chi connectivity index (χ3v) is 4.16. The minimum absolute atomic E-state index is 0.777. The minimum Gasteiger partial charge on any atom is -0.494 e. The molecule has 0 saturated carbocycles. The SMILES string of the molecule is CCCCCCOc1ccc(C#Cc2ccc(-c3ccccn3)nc2)cc1. The van der Waals surface area contributed by atoms with E-state index in [0.29, 0.717) is 0 Å². The smallest absolute Gasteiger partial charge is 0.119 e. The van der Waals surface area contributed by atoms with Gasteiger partial charge in [-0.1, -0.05) is 44.1 Å². The number of unbranched alkanes of at least 4 members (excludes halogenated alkanes) is 3. The molecular formula is C24H24N2O. The van der Waals surface area contributed by atoms with Crippen molar-refractivity contribution in [1.82, 2.24) is 9.97 Å². The van der Waals surface area contributed by atoms with Gasteiger partial charge in [-0.05, 0) is 55.0 Å². The maximum Gasteiger partial charge on any atom is 0.119 e. The van der Waals surface area contributed by atoms with Crippen LogP contribution < -0.4 is 4.74 Å². The van der Waals surface area contributed by atoms with Crippen molar-refractivity contribution in [3.8, 4) is 29.0 Å². The van der Waals surface area contributed by atoms with E-state index in [-0.39, 0.29) is 0 Å². The summed E-state index contributed by atoms with van der Waals surface area (Å²) in [5.74, 6) is 7.22. The van der Waals surface area contributed by atoms with Gasteiger partial charge < -0.3 is 4.74 Å². The molecule has 2 heterocycles. The highest BCUT2D eigenvalue weighted by Crippen LogP contribution is 2.14. The van der Waals surface area contributed by atoms with Gasteiger partial charge in [-0.15, -0.1) is 0 Å². The number of hydrogen-bond donors (Lipinski definition) is 0. The topological polar surface area (TPSA) is 35.0 Å². The molecular weight excluding hydrogens is 332 g/mol. The Labute approximate surface area is 161 Å². The Bertz CT molecular complexity index is 876. The van der Waals surface area contributed by atoms with Crippen molar-refractivity contribution >= 4 is 0 Å². The lowest BCUT2D eigenvalue weighted by Gasteiger charge is -2.05. The summed E-state index contributed by atoms with van der Waals surface area (Å²) in [4.78, 5) is 8.75. The molecule has 0 saturated heterocycles. The van der Waals surface area contributed by atoms with Gasteiger partial charge >= 0.3 is 0 Å². The summed E-state index contributed by atoms with van der Waals surface area (Å²) >= 11 is 0. The number of hydrogen-bond acceptors (Lipinski definition) is 3. The Kier molecular flexibility index (Phi) is 7.00. The fraction of sp³-hybridized carbons (Fsp3) is 0.250. The van der Waals surface area contributed by atoms with E-state index < -0.39 is 0 Å². The van der Waals surface area contributed by atoms with E-state index in [1.54, 1.807) is 12.4 Å². The normalized spacial score (nSPS) is 10.1. The van der Waals surface area contributed by atoms with E-state index in [9.17, 15) is 0 Å². The van der Waals surface area contributed by atoms with Crippen LogP contribution in [-0.4, -0.2) is 16.6 Å². The van der Waals surface area contributed by atoms with Gasteiger partial charge in [-0.3, -0.25) is 9.97 Å².